The van der Waals surface area contributed by atoms with Crippen LogP contribution in [-0.4, -0.2) is 69.9 Å². The van der Waals surface area contributed by atoms with Gasteiger partial charge in [0.05, 0.1) is 17.3 Å². The Bertz CT molecular complexity index is 1010. The fraction of sp³-hybridized carbons (Fsp3) is 0.333. The van der Waals surface area contributed by atoms with Gasteiger partial charge in [0, 0.05) is 63.6 Å². The van der Waals surface area contributed by atoms with E-state index in [9.17, 15) is 4.79 Å². The number of pyridine rings is 1. The van der Waals surface area contributed by atoms with Crippen molar-refractivity contribution in [1.82, 2.24) is 24.8 Å². The lowest BCUT2D eigenvalue weighted by Crippen LogP contribution is -2.58. The highest BCUT2D eigenvalue weighted by Crippen LogP contribution is 2.27. The molecule has 0 aliphatic carbocycles. The zero-order chi connectivity index (χ0) is 21.0. The van der Waals surface area contributed by atoms with E-state index < -0.39 is 0 Å². The first-order valence-corrected chi connectivity index (χ1v) is 10.8. The number of benzene rings is 1. The first-order chi connectivity index (χ1) is 15.3. The summed E-state index contributed by atoms with van der Waals surface area (Å²) in [7, 11) is 0. The standard InChI is InChI=1S/C24H26N6O/c31-24(29-12-10-28(11-13-29)17-21-8-4-5-9-25-21)20-15-30(16-20)23-14-22(26-18-27-23)19-6-2-1-3-7-19/h1-9,14,18,20H,10-13,15-17H2. The van der Waals surface area contributed by atoms with Crippen molar-refractivity contribution in [3.8, 4) is 11.3 Å². The SMILES string of the molecule is O=C(C1CN(c2cc(-c3ccccc3)ncn2)C1)N1CCN(Cc2ccccn2)CC1. The largest absolute Gasteiger partial charge is 0.355 e. The average molecular weight is 415 g/mol. The Morgan fingerprint density at radius 2 is 1.68 bits per heavy atom. The molecule has 1 amide bonds. The smallest absolute Gasteiger partial charge is 0.229 e. The van der Waals surface area contributed by atoms with Crippen LogP contribution in [0.2, 0.25) is 0 Å². The van der Waals surface area contributed by atoms with E-state index in [1.807, 2.05) is 59.6 Å². The molecule has 0 radical (unpaired) electrons. The third-order valence-electron chi connectivity index (χ3n) is 6.07. The van der Waals surface area contributed by atoms with E-state index >= 15 is 0 Å². The molecule has 31 heavy (non-hydrogen) atoms. The topological polar surface area (TPSA) is 65.5 Å². The van der Waals surface area contributed by atoms with Gasteiger partial charge in [-0.05, 0) is 12.1 Å². The molecule has 7 heteroatoms. The van der Waals surface area contributed by atoms with E-state index in [4.69, 9.17) is 0 Å². The Balaban J connectivity index is 1.13. The summed E-state index contributed by atoms with van der Waals surface area (Å²) in [4.78, 5) is 32.7. The van der Waals surface area contributed by atoms with E-state index in [1.54, 1.807) is 6.33 Å². The number of hydrogen-bond acceptors (Lipinski definition) is 6. The van der Waals surface area contributed by atoms with E-state index in [-0.39, 0.29) is 11.8 Å². The minimum atomic E-state index is 0.0532. The first kappa shape index (κ1) is 19.6. The quantitative estimate of drug-likeness (QED) is 0.638. The first-order valence-electron chi connectivity index (χ1n) is 10.8. The van der Waals surface area contributed by atoms with E-state index in [2.05, 4.69) is 30.8 Å². The van der Waals surface area contributed by atoms with Gasteiger partial charge in [0.1, 0.15) is 12.1 Å². The minimum Gasteiger partial charge on any atom is -0.355 e. The van der Waals surface area contributed by atoms with Gasteiger partial charge < -0.3 is 9.80 Å². The molecule has 2 saturated heterocycles. The molecule has 0 spiro atoms. The third-order valence-corrected chi connectivity index (χ3v) is 6.07. The zero-order valence-corrected chi connectivity index (χ0v) is 17.5. The maximum atomic E-state index is 12.9. The maximum Gasteiger partial charge on any atom is 0.229 e. The molecule has 0 unspecified atom stereocenters. The van der Waals surface area contributed by atoms with Crippen LogP contribution in [0.25, 0.3) is 11.3 Å². The number of carbonyl (C=O) groups is 1. The molecule has 4 heterocycles. The second kappa shape index (κ2) is 8.81. The summed E-state index contributed by atoms with van der Waals surface area (Å²) in [5, 5.41) is 0. The van der Waals surface area contributed by atoms with Crippen LogP contribution < -0.4 is 4.90 Å². The third kappa shape index (κ3) is 4.41. The second-order valence-electron chi connectivity index (χ2n) is 8.15. The molecule has 158 valence electrons. The fourth-order valence-corrected chi connectivity index (χ4v) is 4.21. The minimum absolute atomic E-state index is 0.0532. The van der Waals surface area contributed by atoms with Crippen molar-refractivity contribution in [3.05, 3.63) is 72.8 Å². The summed E-state index contributed by atoms with van der Waals surface area (Å²) in [5.74, 6) is 1.21. The van der Waals surface area contributed by atoms with Crippen molar-refractivity contribution < 1.29 is 4.79 Å². The highest BCUT2D eigenvalue weighted by Gasteiger charge is 2.37. The molecule has 7 nitrogen and oxygen atoms in total. The predicted molar refractivity (Wildman–Crippen MR) is 119 cm³/mol. The summed E-state index contributed by atoms with van der Waals surface area (Å²) < 4.78 is 0. The summed E-state index contributed by atoms with van der Waals surface area (Å²) >= 11 is 0. The number of aromatic nitrogens is 3. The van der Waals surface area contributed by atoms with Gasteiger partial charge in [0.15, 0.2) is 0 Å². The van der Waals surface area contributed by atoms with Crippen LogP contribution in [0.3, 0.4) is 0 Å². The van der Waals surface area contributed by atoms with Crippen LogP contribution in [0.4, 0.5) is 5.82 Å². The van der Waals surface area contributed by atoms with Crippen LogP contribution in [0.15, 0.2) is 67.1 Å². The number of hydrogen-bond donors (Lipinski definition) is 0. The predicted octanol–water partition coefficient (Wildman–Crippen LogP) is 2.32. The molecule has 5 rings (SSSR count). The summed E-state index contributed by atoms with van der Waals surface area (Å²) in [6.07, 6.45) is 3.44. The number of rotatable bonds is 5. The van der Waals surface area contributed by atoms with Crippen molar-refractivity contribution in [1.29, 1.82) is 0 Å². The van der Waals surface area contributed by atoms with Crippen LogP contribution in [0, 0.1) is 5.92 Å². The van der Waals surface area contributed by atoms with Crippen LogP contribution in [-0.2, 0) is 11.3 Å². The maximum absolute atomic E-state index is 12.9. The lowest BCUT2D eigenvalue weighted by Gasteiger charge is -2.43. The van der Waals surface area contributed by atoms with Gasteiger partial charge in [-0.2, -0.15) is 0 Å². The highest BCUT2D eigenvalue weighted by atomic mass is 16.2. The van der Waals surface area contributed by atoms with Crippen LogP contribution in [0.5, 0.6) is 0 Å². The molecular weight excluding hydrogens is 388 g/mol. The Hall–Kier alpha value is -3.32. The summed E-state index contributed by atoms with van der Waals surface area (Å²) in [6, 6.07) is 18.1. The number of carbonyl (C=O) groups excluding carboxylic acids is 1. The van der Waals surface area contributed by atoms with Gasteiger partial charge in [0.2, 0.25) is 5.91 Å². The molecule has 0 bridgehead atoms. The molecule has 2 aliphatic rings. The Morgan fingerprint density at radius 3 is 2.42 bits per heavy atom. The average Bonchev–Trinajstić information content (AvgIpc) is 2.80. The molecule has 2 fully saturated rings. The lowest BCUT2D eigenvalue weighted by atomic mass is 9.97. The number of piperazine rings is 1. The van der Waals surface area contributed by atoms with Crippen molar-refractivity contribution in [2.45, 2.75) is 6.54 Å². The fourth-order valence-electron chi connectivity index (χ4n) is 4.21. The monoisotopic (exact) mass is 414 g/mol. The number of nitrogens with zero attached hydrogens (tertiary/aromatic N) is 6. The Morgan fingerprint density at radius 1 is 0.903 bits per heavy atom. The van der Waals surface area contributed by atoms with Crippen molar-refractivity contribution in [2.24, 2.45) is 5.92 Å². The van der Waals surface area contributed by atoms with E-state index in [1.165, 1.54) is 0 Å². The molecule has 0 saturated carbocycles. The van der Waals surface area contributed by atoms with Gasteiger partial charge in [-0.15, -0.1) is 0 Å². The highest BCUT2D eigenvalue weighted by molar-refractivity contribution is 5.82. The van der Waals surface area contributed by atoms with Crippen molar-refractivity contribution >= 4 is 11.7 Å². The van der Waals surface area contributed by atoms with E-state index in [0.29, 0.717) is 0 Å². The van der Waals surface area contributed by atoms with E-state index in [0.717, 1.165) is 68.6 Å². The van der Waals surface area contributed by atoms with Gasteiger partial charge in [-0.3, -0.25) is 14.7 Å². The summed E-state index contributed by atoms with van der Waals surface area (Å²) in [6.45, 7) is 5.64. The van der Waals surface area contributed by atoms with Crippen molar-refractivity contribution in [3.63, 3.8) is 0 Å². The van der Waals surface area contributed by atoms with Crippen LogP contribution in [0.1, 0.15) is 5.69 Å². The normalized spacial score (nSPS) is 17.4. The number of amides is 1. The molecule has 2 aromatic heterocycles. The molecule has 2 aliphatic heterocycles. The van der Waals surface area contributed by atoms with Crippen molar-refractivity contribution in [2.75, 3.05) is 44.2 Å². The Labute approximate surface area is 182 Å². The molecular formula is C24H26N6O. The second-order valence-corrected chi connectivity index (χ2v) is 8.15. The molecule has 3 aromatic rings. The number of anilines is 1. The molecule has 0 atom stereocenters. The Kier molecular flexibility index (Phi) is 5.58. The van der Waals surface area contributed by atoms with Crippen LogP contribution >= 0.6 is 0 Å². The van der Waals surface area contributed by atoms with Gasteiger partial charge in [0.25, 0.3) is 0 Å². The van der Waals surface area contributed by atoms with Gasteiger partial charge >= 0.3 is 0 Å². The zero-order valence-electron chi connectivity index (χ0n) is 17.5. The molecule has 0 N–H and O–H groups in total. The van der Waals surface area contributed by atoms with Gasteiger partial charge in [-0.1, -0.05) is 36.4 Å². The lowest BCUT2D eigenvalue weighted by molar-refractivity contribution is -0.138. The molecule has 1 aromatic carbocycles. The van der Waals surface area contributed by atoms with Gasteiger partial charge in [-0.25, -0.2) is 9.97 Å². The summed E-state index contributed by atoms with van der Waals surface area (Å²) in [5.41, 5.74) is 3.06.